The Balaban J connectivity index is 1.64. The number of carbonyl (C=O) groups is 2. The summed E-state index contributed by atoms with van der Waals surface area (Å²) in [4.78, 5) is 36.5. The SMILES string of the molecule is CCN1CCN(c2cc(C(=O)Nc3ccc(NC(C)=O)cc3)ncn2)CC1. The molecular weight excluding hydrogens is 344 g/mol. The van der Waals surface area contributed by atoms with Crippen LogP contribution in [0, 0.1) is 0 Å². The minimum absolute atomic E-state index is 0.139. The zero-order valence-electron chi connectivity index (χ0n) is 15.6. The van der Waals surface area contributed by atoms with Gasteiger partial charge in [0, 0.05) is 50.5 Å². The zero-order chi connectivity index (χ0) is 19.2. The fourth-order valence-electron chi connectivity index (χ4n) is 2.97. The molecule has 0 aliphatic carbocycles. The number of carbonyl (C=O) groups excluding carboxylic acids is 2. The van der Waals surface area contributed by atoms with Gasteiger partial charge >= 0.3 is 0 Å². The molecule has 1 aliphatic heterocycles. The van der Waals surface area contributed by atoms with E-state index in [4.69, 9.17) is 0 Å². The normalized spacial score (nSPS) is 14.7. The first-order valence-corrected chi connectivity index (χ1v) is 9.03. The molecule has 0 saturated carbocycles. The molecule has 0 unspecified atom stereocenters. The third-order valence-electron chi connectivity index (χ3n) is 4.49. The lowest BCUT2D eigenvalue weighted by Gasteiger charge is -2.34. The Morgan fingerprint density at radius 1 is 1.00 bits per heavy atom. The molecule has 0 bridgehead atoms. The predicted octanol–water partition coefficient (Wildman–Crippen LogP) is 1.83. The number of nitrogens with one attached hydrogen (secondary N) is 2. The van der Waals surface area contributed by atoms with Gasteiger partial charge in [0.1, 0.15) is 17.8 Å². The van der Waals surface area contributed by atoms with Crippen molar-refractivity contribution in [2.24, 2.45) is 0 Å². The van der Waals surface area contributed by atoms with Crippen molar-refractivity contribution in [3.8, 4) is 0 Å². The van der Waals surface area contributed by atoms with Crippen molar-refractivity contribution in [1.29, 1.82) is 0 Å². The van der Waals surface area contributed by atoms with E-state index in [1.54, 1.807) is 30.3 Å². The summed E-state index contributed by atoms with van der Waals surface area (Å²) < 4.78 is 0. The number of hydrogen-bond donors (Lipinski definition) is 2. The van der Waals surface area contributed by atoms with Gasteiger partial charge in [0.05, 0.1) is 0 Å². The van der Waals surface area contributed by atoms with Gasteiger partial charge < -0.3 is 20.4 Å². The van der Waals surface area contributed by atoms with Crippen LogP contribution >= 0.6 is 0 Å². The second-order valence-electron chi connectivity index (χ2n) is 6.40. The van der Waals surface area contributed by atoms with Crippen LogP contribution in [0.15, 0.2) is 36.7 Å². The monoisotopic (exact) mass is 368 g/mol. The fraction of sp³-hybridized carbons (Fsp3) is 0.368. The molecule has 142 valence electrons. The second-order valence-corrected chi connectivity index (χ2v) is 6.40. The van der Waals surface area contributed by atoms with Crippen molar-refractivity contribution < 1.29 is 9.59 Å². The Morgan fingerprint density at radius 3 is 2.22 bits per heavy atom. The fourth-order valence-corrected chi connectivity index (χ4v) is 2.97. The number of aromatic nitrogens is 2. The Bertz CT molecular complexity index is 800. The van der Waals surface area contributed by atoms with Crippen LogP contribution in [0.1, 0.15) is 24.3 Å². The number of rotatable bonds is 5. The van der Waals surface area contributed by atoms with Crippen LogP contribution in [0.4, 0.5) is 17.2 Å². The van der Waals surface area contributed by atoms with E-state index < -0.39 is 0 Å². The van der Waals surface area contributed by atoms with Crippen molar-refractivity contribution in [2.45, 2.75) is 13.8 Å². The summed E-state index contributed by atoms with van der Waals surface area (Å²) in [5.74, 6) is 0.338. The van der Waals surface area contributed by atoms with Gasteiger partial charge in [-0.3, -0.25) is 9.59 Å². The number of benzene rings is 1. The van der Waals surface area contributed by atoms with E-state index >= 15 is 0 Å². The topological polar surface area (TPSA) is 90.5 Å². The van der Waals surface area contributed by atoms with Gasteiger partial charge in [-0.05, 0) is 30.8 Å². The van der Waals surface area contributed by atoms with Crippen LogP contribution < -0.4 is 15.5 Å². The number of hydrogen-bond acceptors (Lipinski definition) is 6. The number of nitrogens with zero attached hydrogens (tertiary/aromatic N) is 4. The predicted molar refractivity (Wildman–Crippen MR) is 105 cm³/mol. The zero-order valence-corrected chi connectivity index (χ0v) is 15.6. The molecule has 0 radical (unpaired) electrons. The highest BCUT2D eigenvalue weighted by Gasteiger charge is 2.18. The first-order valence-electron chi connectivity index (χ1n) is 9.03. The summed E-state index contributed by atoms with van der Waals surface area (Å²) in [6.07, 6.45) is 1.43. The molecule has 8 nitrogen and oxygen atoms in total. The molecule has 0 atom stereocenters. The molecule has 1 aromatic heterocycles. The van der Waals surface area contributed by atoms with Crippen molar-refractivity contribution >= 4 is 29.0 Å². The number of piperazine rings is 1. The molecule has 2 amide bonds. The molecule has 1 saturated heterocycles. The minimum Gasteiger partial charge on any atom is -0.354 e. The molecule has 1 fully saturated rings. The van der Waals surface area contributed by atoms with E-state index in [1.165, 1.54) is 13.3 Å². The Kier molecular flexibility index (Phi) is 5.97. The highest BCUT2D eigenvalue weighted by Crippen LogP contribution is 2.17. The summed E-state index contributed by atoms with van der Waals surface area (Å²) in [6.45, 7) is 8.40. The first kappa shape index (κ1) is 18.8. The Morgan fingerprint density at radius 2 is 1.63 bits per heavy atom. The van der Waals surface area contributed by atoms with Crippen LogP contribution in [-0.2, 0) is 4.79 Å². The van der Waals surface area contributed by atoms with E-state index in [-0.39, 0.29) is 11.8 Å². The van der Waals surface area contributed by atoms with E-state index in [9.17, 15) is 9.59 Å². The average molecular weight is 368 g/mol. The number of likely N-dealkylation sites (N-methyl/N-ethyl adjacent to an activating group) is 1. The lowest BCUT2D eigenvalue weighted by atomic mass is 10.2. The summed E-state index contributed by atoms with van der Waals surface area (Å²) in [5.41, 5.74) is 1.63. The van der Waals surface area contributed by atoms with Crippen molar-refractivity contribution in [2.75, 3.05) is 48.3 Å². The van der Waals surface area contributed by atoms with Crippen LogP contribution in [0.3, 0.4) is 0 Å². The molecule has 2 heterocycles. The van der Waals surface area contributed by atoms with Gasteiger partial charge in [0.25, 0.3) is 5.91 Å². The number of amides is 2. The quantitative estimate of drug-likeness (QED) is 0.837. The maximum absolute atomic E-state index is 12.5. The summed E-state index contributed by atoms with van der Waals surface area (Å²) in [6, 6.07) is 8.65. The van der Waals surface area contributed by atoms with Crippen molar-refractivity contribution in [3.63, 3.8) is 0 Å². The van der Waals surface area contributed by atoms with Gasteiger partial charge in [-0.1, -0.05) is 6.92 Å². The van der Waals surface area contributed by atoms with Gasteiger partial charge in [0.15, 0.2) is 0 Å². The maximum atomic E-state index is 12.5. The van der Waals surface area contributed by atoms with Crippen molar-refractivity contribution in [1.82, 2.24) is 14.9 Å². The Labute approximate surface area is 158 Å². The van der Waals surface area contributed by atoms with E-state index in [0.717, 1.165) is 38.5 Å². The molecule has 0 spiro atoms. The molecule has 8 heteroatoms. The number of anilines is 3. The molecule has 3 rings (SSSR count). The van der Waals surface area contributed by atoms with Gasteiger partial charge in [0.2, 0.25) is 5.91 Å². The molecule has 1 aromatic carbocycles. The van der Waals surface area contributed by atoms with Crippen LogP contribution in [0.2, 0.25) is 0 Å². The third kappa shape index (κ3) is 5.01. The Hall–Kier alpha value is -3.00. The first-order chi connectivity index (χ1) is 13.0. The van der Waals surface area contributed by atoms with Gasteiger partial charge in [-0.15, -0.1) is 0 Å². The maximum Gasteiger partial charge on any atom is 0.274 e. The van der Waals surface area contributed by atoms with E-state index in [0.29, 0.717) is 17.1 Å². The summed E-state index contributed by atoms with van der Waals surface area (Å²) in [5, 5.41) is 5.50. The largest absolute Gasteiger partial charge is 0.354 e. The smallest absolute Gasteiger partial charge is 0.274 e. The standard InChI is InChI=1S/C19H24N6O2/c1-3-24-8-10-25(11-9-24)18-12-17(20-13-21-18)19(27)23-16-6-4-15(5-7-16)22-14(2)26/h4-7,12-13H,3,8-11H2,1-2H3,(H,22,26)(H,23,27). The highest BCUT2D eigenvalue weighted by atomic mass is 16.2. The summed E-state index contributed by atoms with van der Waals surface area (Å²) >= 11 is 0. The lowest BCUT2D eigenvalue weighted by Crippen LogP contribution is -2.46. The molecule has 27 heavy (non-hydrogen) atoms. The van der Waals surface area contributed by atoms with E-state index in [2.05, 4.69) is 37.3 Å². The third-order valence-corrected chi connectivity index (χ3v) is 4.49. The van der Waals surface area contributed by atoms with Crippen LogP contribution in [-0.4, -0.2) is 59.4 Å². The second kappa shape index (κ2) is 8.59. The molecule has 1 aliphatic rings. The lowest BCUT2D eigenvalue weighted by molar-refractivity contribution is -0.114. The summed E-state index contributed by atoms with van der Waals surface area (Å²) in [7, 11) is 0. The minimum atomic E-state index is -0.293. The van der Waals surface area contributed by atoms with Crippen LogP contribution in [0.5, 0.6) is 0 Å². The highest BCUT2D eigenvalue weighted by molar-refractivity contribution is 6.03. The molecule has 2 N–H and O–H groups in total. The van der Waals surface area contributed by atoms with Gasteiger partial charge in [-0.2, -0.15) is 0 Å². The molecule has 2 aromatic rings. The average Bonchev–Trinajstić information content (AvgIpc) is 2.69. The van der Waals surface area contributed by atoms with Gasteiger partial charge in [-0.25, -0.2) is 9.97 Å². The van der Waals surface area contributed by atoms with E-state index in [1.807, 2.05) is 0 Å². The van der Waals surface area contributed by atoms with Crippen molar-refractivity contribution in [3.05, 3.63) is 42.4 Å². The van der Waals surface area contributed by atoms with Crippen LogP contribution in [0.25, 0.3) is 0 Å². The molecular formula is C19H24N6O2.